The molecule has 0 unspecified atom stereocenters. The number of nitrogens with one attached hydrogen (secondary N) is 1. The lowest BCUT2D eigenvalue weighted by Gasteiger charge is -2.32. The molecule has 0 heterocycles. The van der Waals surface area contributed by atoms with Gasteiger partial charge in [-0.2, -0.15) is 0 Å². The molecule has 1 amide bonds. The molecule has 4 rings (SSSR count). The van der Waals surface area contributed by atoms with Crippen molar-refractivity contribution in [1.82, 2.24) is 10.2 Å². The van der Waals surface area contributed by atoms with Gasteiger partial charge >= 0.3 is 0 Å². The summed E-state index contributed by atoms with van der Waals surface area (Å²) >= 11 is 6.16. The molecule has 0 radical (unpaired) electrons. The summed E-state index contributed by atoms with van der Waals surface area (Å²) in [6.45, 7) is 1.36. The highest BCUT2D eigenvalue weighted by Crippen LogP contribution is 2.28. The molecule has 1 saturated carbocycles. The molecule has 0 aliphatic heterocycles. The lowest BCUT2D eigenvalue weighted by Crippen LogP contribution is -2.43. The van der Waals surface area contributed by atoms with Crippen LogP contribution in [0, 0.1) is 0 Å². The summed E-state index contributed by atoms with van der Waals surface area (Å²) in [5.74, 6) is 0.0704. The van der Waals surface area contributed by atoms with E-state index in [2.05, 4.69) is 34.5 Å². The van der Waals surface area contributed by atoms with Gasteiger partial charge in [-0.25, -0.2) is 0 Å². The van der Waals surface area contributed by atoms with Gasteiger partial charge in [0.05, 0.1) is 0 Å². The van der Waals surface area contributed by atoms with Crippen LogP contribution in [-0.2, 0) is 17.9 Å². The maximum absolute atomic E-state index is 13.6. The minimum absolute atomic E-state index is 0.0704. The minimum Gasteiger partial charge on any atom is -0.352 e. The van der Waals surface area contributed by atoms with Gasteiger partial charge in [0.15, 0.2) is 0 Å². The molecule has 1 fully saturated rings. The van der Waals surface area contributed by atoms with Crippen molar-refractivity contribution in [3.05, 3.63) is 107 Å². The van der Waals surface area contributed by atoms with E-state index in [4.69, 9.17) is 11.6 Å². The fourth-order valence-corrected chi connectivity index (χ4v) is 4.52. The Morgan fingerprint density at radius 3 is 1.87 bits per heavy atom. The fraction of sp³-hybridized carbons (Fsp3) is 0.296. The van der Waals surface area contributed by atoms with Crippen molar-refractivity contribution in [3.8, 4) is 0 Å². The zero-order valence-electron chi connectivity index (χ0n) is 17.7. The van der Waals surface area contributed by atoms with Gasteiger partial charge < -0.3 is 5.32 Å². The number of benzene rings is 3. The van der Waals surface area contributed by atoms with E-state index in [1.165, 1.54) is 24.0 Å². The van der Waals surface area contributed by atoms with Crippen molar-refractivity contribution in [2.24, 2.45) is 0 Å². The summed E-state index contributed by atoms with van der Waals surface area (Å²) in [7, 11) is 0. The molecule has 3 nitrogen and oxygen atoms in total. The molecular formula is C27H29ClN2O. The molecule has 1 aliphatic rings. The van der Waals surface area contributed by atoms with Gasteiger partial charge in [-0.15, -0.1) is 0 Å². The molecule has 0 saturated heterocycles. The molecule has 0 aromatic heterocycles. The number of carbonyl (C=O) groups is 1. The summed E-state index contributed by atoms with van der Waals surface area (Å²) in [4.78, 5) is 15.9. The van der Waals surface area contributed by atoms with E-state index in [0.717, 1.165) is 18.4 Å². The third-order valence-corrected chi connectivity index (χ3v) is 6.21. The lowest BCUT2D eigenvalue weighted by atomic mass is 10.0. The smallest absolute Gasteiger partial charge is 0.242 e. The van der Waals surface area contributed by atoms with Crippen molar-refractivity contribution in [1.29, 1.82) is 0 Å². The second kappa shape index (κ2) is 10.6. The van der Waals surface area contributed by atoms with E-state index in [1.807, 2.05) is 60.7 Å². The Balaban J connectivity index is 1.67. The number of nitrogens with zero attached hydrogens (tertiary/aromatic N) is 1. The zero-order valence-corrected chi connectivity index (χ0v) is 18.5. The third-order valence-electron chi connectivity index (χ3n) is 5.96. The Kier molecular flexibility index (Phi) is 7.39. The normalized spacial score (nSPS) is 15.2. The summed E-state index contributed by atoms with van der Waals surface area (Å²) < 4.78 is 0. The van der Waals surface area contributed by atoms with E-state index < -0.39 is 6.04 Å². The van der Waals surface area contributed by atoms with Crippen LogP contribution in [0.2, 0.25) is 5.02 Å². The summed E-state index contributed by atoms with van der Waals surface area (Å²) in [5.41, 5.74) is 3.34. The molecule has 31 heavy (non-hydrogen) atoms. The number of carbonyl (C=O) groups excluding carboxylic acids is 1. The van der Waals surface area contributed by atoms with Gasteiger partial charge in [-0.05, 0) is 41.7 Å². The predicted octanol–water partition coefficient (Wildman–Crippen LogP) is 6.14. The van der Waals surface area contributed by atoms with Crippen LogP contribution in [-0.4, -0.2) is 16.8 Å². The average Bonchev–Trinajstić information content (AvgIpc) is 3.30. The third kappa shape index (κ3) is 5.96. The SMILES string of the molecule is O=C(NC1CCCC1)[C@H](c1ccc(Cl)cc1)N(Cc1ccccc1)Cc1ccccc1. The van der Waals surface area contributed by atoms with Gasteiger partial charge in [0.1, 0.15) is 6.04 Å². The van der Waals surface area contributed by atoms with Crippen LogP contribution in [0.25, 0.3) is 0 Å². The summed E-state index contributed by atoms with van der Waals surface area (Å²) in [6.07, 6.45) is 4.51. The first-order chi connectivity index (χ1) is 15.2. The van der Waals surface area contributed by atoms with Crippen LogP contribution in [0.5, 0.6) is 0 Å². The average molecular weight is 433 g/mol. The van der Waals surface area contributed by atoms with E-state index in [0.29, 0.717) is 18.1 Å². The van der Waals surface area contributed by atoms with E-state index in [1.54, 1.807) is 0 Å². The van der Waals surface area contributed by atoms with E-state index in [-0.39, 0.29) is 11.9 Å². The Hall–Kier alpha value is -2.62. The lowest BCUT2D eigenvalue weighted by molar-refractivity contribution is -0.128. The number of halogens is 1. The second-order valence-corrected chi connectivity index (χ2v) is 8.76. The van der Waals surface area contributed by atoms with Crippen molar-refractivity contribution in [3.63, 3.8) is 0 Å². The largest absolute Gasteiger partial charge is 0.352 e. The maximum Gasteiger partial charge on any atom is 0.242 e. The highest BCUT2D eigenvalue weighted by Gasteiger charge is 2.30. The Labute approximate surface area is 190 Å². The Bertz CT molecular complexity index is 912. The quantitative estimate of drug-likeness (QED) is 0.463. The van der Waals surface area contributed by atoms with E-state index >= 15 is 0 Å². The molecule has 160 valence electrons. The molecule has 0 spiro atoms. The van der Waals surface area contributed by atoms with Crippen LogP contribution in [0.1, 0.15) is 48.4 Å². The van der Waals surface area contributed by atoms with Gasteiger partial charge in [-0.1, -0.05) is 97.2 Å². The molecular weight excluding hydrogens is 404 g/mol. The molecule has 3 aromatic rings. The molecule has 0 bridgehead atoms. The zero-order chi connectivity index (χ0) is 21.5. The van der Waals surface area contributed by atoms with Crippen molar-refractivity contribution < 1.29 is 4.79 Å². The number of amides is 1. The number of hydrogen-bond donors (Lipinski definition) is 1. The van der Waals surface area contributed by atoms with Crippen molar-refractivity contribution in [2.75, 3.05) is 0 Å². The Morgan fingerprint density at radius 1 is 0.839 bits per heavy atom. The highest BCUT2D eigenvalue weighted by atomic mass is 35.5. The van der Waals surface area contributed by atoms with Crippen molar-refractivity contribution in [2.45, 2.75) is 50.9 Å². The molecule has 4 heteroatoms. The first-order valence-corrected chi connectivity index (χ1v) is 11.4. The van der Waals surface area contributed by atoms with Crippen LogP contribution in [0.4, 0.5) is 0 Å². The van der Waals surface area contributed by atoms with Crippen LogP contribution in [0.3, 0.4) is 0 Å². The van der Waals surface area contributed by atoms with Gasteiger partial charge in [-0.3, -0.25) is 9.69 Å². The fourth-order valence-electron chi connectivity index (χ4n) is 4.40. The van der Waals surface area contributed by atoms with Crippen LogP contribution >= 0.6 is 11.6 Å². The monoisotopic (exact) mass is 432 g/mol. The minimum atomic E-state index is -0.390. The number of hydrogen-bond acceptors (Lipinski definition) is 2. The van der Waals surface area contributed by atoms with Gasteiger partial charge in [0.25, 0.3) is 0 Å². The van der Waals surface area contributed by atoms with Gasteiger partial charge in [0.2, 0.25) is 5.91 Å². The number of rotatable bonds is 8. The van der Waals surface area contributed by atoms with Crippen LogP contribution < -0.4 is 5.32 Å². The van der Waals surface area contributed by atoms with Gasteiger partial charge in [0, 0.05) is 24.2 Å². The topological polar surface area (TPSA) is 32.3 Å². The molecule has 3 aromatic carbocycles. The first-order valence-electron chi connectivity index (χ1n) is 11.1. The molecule has 1 N–H and O–H groups in total. The highest BCUT2D eigenvalue weighted by molar-refractivity contribution is 6.30. The summed E-state index contributed by atoms with van der Waals surface area (Å²) in [5, 5.41) is 4.01. The Morgan fingerprint density at radius 2 is 1.35 bits per heavy atom. The van der Waals surface area contributed by atoms with Crippen molar-refractivity contribution >= 4 is 17.5 Å². The second-order valence-electron chi connectivity index (χ2n) is 8.32. The van der Waals surface area contributed by atoms with Crippen LogP contribution in [0.15, 0.2) is 84.9 Å². The summed E-state index contributed by atoms with van der Waals surface area (Å²) in [6, 6.07) is 28.3. The predicted molar refractivity (Wildman–Crippen MR) is 127 cm³/mol. The molecule has 1 aliphatic carbocycles. The first kappa shape index (κ1) is 21.6. The molecule has 1 atom stereocenters. The van der Waals surface area contributed by atoms with E-state index in [9.17, 15) is 4.79 Å². The standard InChI is InChI=1S/C27H29ClN2O/c28-24-17-15-23(16-18-24)26(27(31)29-25-13-7-8-14-25)30(19-21-9-3-1-4-10-21)20-22-11-5-2-6-12-22/h1-6,9-12,15-18,25-26H,7-8,13-14,19-20H2,(H,29,31)/t26-/m0/s1. The maximum atomic E-state index is 13.6.